The number of hydrogen-bond donors (Lipinski definition) is 3. The van der Waals surface area contributed by atoms with Crippen LogP contribution in [0.2, 0.25) is 0 Å². The Balaban J connectivity index is 0.000000406. The van der Waals surface area contributed by atoms with Crippen molar-refractivity contribution >= 4 is 45.5 Å². The number of hydrogen-bond acceptors (Lipinski definition) is 4. The monoisotopic (exact) mass is 567 g/mol. The van der Waals surface area contributed by atoms with Crippen molar-refractivity contribution in [3.8, 4) is 0 Å². The number of allylic oxidation sites excluding steroid dienone is 1. The lowest BCUT2D eigenvalue weighted by Gasteiger charge is -2.29. The van der Waals surface area contributed by atoms with Gasteiger partial charge in [0.25, 0.3) is 11.8 Å². The summed E-state index contributed by atoms with van der Waals surface area (Å²) in [7, 11) is 1.55. The van der Waals surface area contributed by atoms with Gasteiger partial charge in [0.2, 0.25) is 0 Å². The summed E-state index contributed by atoms with van der Waals surface area (Å²) in [5, 5.41) is 13.7. The third-order valence-corrected chi connectivity index (χ3v) is 6.41. The van der Waals surface area contributed by atoms with Gasteiger partial charge < -0.3 is 15.5 Å². The minimum absolute atomic E-state index is 0.253. The van der Waals surface area contributed by atoms with Gasteiger partial charge in [0.05, 0.1) is 11.3 Å². The number of carbonyl (C=O) groups excluding carboxylic acids is 2. The van der Waals surface area contributed by atoms with Gasteiger partial charge in [-0.25, -0.2) is 0 Å². The van der Waals surface area contributed by atoms with Crippen LogP contribution in [0.1, 0.15) is 78.7 Å². The summed E-state index contributed by atoms with van der Waals surface area (Å²) in [4.78, 5) is 30.6. The Labute approximate surface area is 229 Å². The van der Waals surface area contributed by atoms with E-state index in [1.54, 1.807) is 55.6 Å². The molecule has 0 unspecified atom stereocenters. The van der Waals surface area contributed by atoms with Gasteiger partial charge in [0.1, 0.15) is 5.84 Å². The molecule has 2 aliphatic heterocycles. The van der Waals surface area contributed by atoms with Crippen molar-refractivity contribution in [2.24, 2.45) is 4.99 Å². The van der Waals surface area contributed by atoms with Gasteiger partial charge in [0, 0.05) is 48.2 Å². The maximum absolute atomic E-state index is 12.6. The molecular weight excluding hydrogens is 530 g/mol. The molecule has 2 aromatic rings. The Kier molecular flexibility index (Phi) is 13.3. The molecule has 7 nitrogen and oxygen atoms in total. The second kappa shape index (κ2) is 16.5. The van der Waals surface area contributed by atoms with Crippen LogP contribution in [0.15, 0.2) is 64.2 Å². The molecule has 0 bridgehead atoms. The van der Waals surface area contributed by atoms with E-state index in [1.807, 2.05) is 26.3 Å². The second-order valence-electron chi connectivity index (χ2n) is 8.35. The van der Waals surface area contributed by atoms with E-state index in [0.29, 0.717) is 22.6 Å². The molecule has 1 fully saturated rings. The minimum atomic E-state index is -0.289. The summed E-state index contributed by atoms with van der Waals surface area (Å²) in [6.45, 7) is 5.83. The first kappa shape index (κ1) is 30.0. The van der Waals surface area contributed by atoms with Crippen molar-refractivity contribution in [2.45, 2.75) is 52.4 Å². The van der Waals surface area contributed by atoms with Crippen LogP contribution < -0.4 is 10.6 Å². The lowest BCUT2D eigenvalue weighted by molar-refractivity contribution is 0.0964. The van der Waals surface area contributed by atoms with E-state index in [4.69, 9.17) is 5.41 Å². The van der Waals surface area contributed by atoms with Crippen LogP contribution in [0.3, 0.4) is 0 Å². The van der Waals surface area contributed by atoms with Gasteiger partial charge in [-0.05, 0) is 62.8 Å². The summed E-state index contributed by atoms with van der Waals surface area (Å²) in [6, 6.07) is 13.9. The third kappa shape index (κ3) is 9.61. The van der Waals surface area contributed by atoms with E-state index < -0.39 is 0 Å². The summed E-state index contributed by atoms with van der Waals surface area (Å²) in [5.74, 6) is -0.0368. The van der Waals surface area contributed by atoms with E-state index in [0.717, 1.165) is 44.3 Å². The summed E-state index contributed by atoms with van der Waals surface area (Å²) in [5.41, 5.74) is 2.17. The molecule has 1 saturated heterocycles. The molecule has 0 aromatic heterocycles. The fourth-order valence-electron chi connectivity index (χ4n) is 3.83. The number of aliphatic imine (C=N–C) groups is 1. The van der Waals surface area contributed by atoms with Crippen LogP contribution in [-0.4, -0.2) is 48.9 Å². The molecule has 37 heavy (non-hydrogen) atoms. The van der Waals surface area contributed by atoms with Crippen LogP contribution in [-0.2, 0) is 0 Å². The Morgan fingerprint density at radius 3 is 2.24 bits per heavy atom. The zero-order valence-corrected chi connectivity index (χ0v) is 23.6. The van der Waals surface area contributed by atoms with Gasteiger partial charge >= 0.3 is 0 Å². The number of nitrogens with one attached hydrogen (secondary N) is 3. The van der Waals surface area contributed by atoms with Crippen LogP contribution >= 0.6 is 15.9 Å². The fraction of sp³-hybridized carbons (Fsp3) is 0.379. The largest absolute Gasteiger partial charge is 0.357 e. The highest BCUT2D eigenvalue weighted by atomic mass is 79.9. The molecule has 2 aromatic carbocycles. The number of nitrogens with zero attached hydrogens (tertiary/aromatic N) is 2. The highest BCUT2D eigenvalue weighted by Crippen LogP contribution is 2.18. The second-order valence-corrected chi connectivity index (χ2v) is 9.37. The Morgan fingerprint density at radius 1 is 0.919 bits per heavy atom. The van der Waals surface area contributed by atoms with Crippen LogP contribution in [0.25, 0.3) is 0 Å². The maximum Gasteiger partial charge on any atom is 0.255 e. The highest BCUT2D eigenvalue weighted by Gasteiger charge is 2.16. The lowest BCUT2D eigenvalue weighted by atomic mass is 10.1. The molecule has 0 saturated carbocycles. The number of rotatable bonds is 4. The first-order chi connectivity index (χ1) is 18.0. The number of para-hydroxylation sites is 1. The van der Waals surface area contributed by atoms with Crippen molar-refractivity contribution in [1.82, 2.24) is 10.2 Å². The van der Waals surface area contributed by atoms with Gasteiger partial charge in [-0.3, -0.25) is 20.0 Å². The number of amidine groups is 1. The first-order valence-electron chi connectivity index (χ1n) is 12.9. The molecule has 0 atom stereocenters. The van der Waals surface area contributed by atoms with Gasteiger partial charge in [-0.15, -0.1) is 0 Å². The quantitative estimate of drug-likeness (QED) is 0.286. The van der Waals surface area contributed by atoms with Crippen LogP contribution in [0.5, 0.6) is 0 Å². The van der Waals surface area contributed by atoms with Crippen molar-refractivity contribution in [2.75, 3.05) is 25.5 Å². The van der Waals surface area contributed by atoms with E-state index in [-0.39, 0.29) is 11.8 Å². The molecule has 2 aliphatic rings. The molecular formula is C29H38BrN5O2. The Morgan fingerprint density at radius 2 is 1.57 bits per heavy atom. The van der Waals surface area contributed by atoms with Gasteiger partial charge in [-0.2, -0.15) is 0 Å². The summed E-state index contributed by atoms with van der Waals surface area (Å²) in [6.07, 6.45) is 10.8. The zero-order valence-electron chi connectivity index (χ0n) is 22.0. The molecule has 0 radical (unpaired) electrons. The van der Waals surface area contributed by atoms with E-state index in [1.165, 1.54) is 17.3 Å². The number of amides is 2. The van der Waals surface area contributed by atoms with Crippen molar-refractivity contribution in [3.05, 3.63) is 75.9 Å². The number of halogens is 1. The summed E-state index contributed by atoms with van der Waals surface area (Å²) >= 11 is 3.39. The van der Waals surface area contributed by atoms with E-state index in [2.05, 4.69) is 36.5 Å². The molecule has 8 heteroatoms. The predicted octanol–water partition coefficient (Wildman–Crippen LogP) is 6.61. The molecule has 3 N–H and O–H groups in total. The average Bonchev–Trinajstić information content (AvgIpc) is 3.21. The number of likely N-dealkylation sites (tertiary alicyclic amines) is 1. The van der Waals surface area contributed by atoms with Crippen molar-refractivity contribution < 1.29 is 9.59 Å². The highest BCUT2D eigenvalue weighted by molar-refractivity contribution is 9.11. The molecule has 198 valence electrons. The molecule has 2 amide bonds. The van der Waals surface area contributed by atoms with E-state index in [9.17, 15) is 9.59 Å². The average molecular weight is 569 g/mol. The van der Waals surface area contributed by atoms with E-state index >= 15 is 0 Å². The summed E-state index contributed by atoms with van der Waals surface area (Å²) < 4.78 is 1.21. The minimum Gasteiger partial charge on any atom is -0.357 e. The molecule has 2 heterocycles. The zero-order chi connectivity index (χ0) is 27.0. The molecule has 4 rings (SSSR count). The normalized spacial score (nSPS) is 14.5. The van der Waals surface area contributed by atoms with Crippen LogP contribution in [0.4, 0.5) is 5.69 Å². The number of carbonyl (C=O) groups is 2. The predicted molar refractivity (Wildman–Crippen MR) is 157 cm³/mol. The fourth-order valence-corrected chi connectivity index (χ4v) is 4.23. The number of benzene rings is 2. The Hall–Kier alpha value is -3.26. The molecule has 0 spiro atoms. The van der Waals surface area contributed by atoms with Crippen LogP contribution in [0, 0.1) is 5.41 Å². The maximum atomic E-state index is 12.6. The third-order valence-electron chi connectivity index (χ3n) is 5.81. The first-order valence-corrected chi connectivity index (χ1v) is 13.7. The van der Waals surface area contributed by atoms with Crippen molar-refractivity contribution in [3.63, 3.8) is 0 Å². The lowest BCUT2D eigenvalue weighted by Crippen LogP contribution is -2.35. The number of piperidine rings is 1. The van der Waals surface area contributed by atoms with Crippen molar-refractivity contribution in [1.29, 1.82) is 5.41 Å². The smallest absolute Gasteiger partial charge is 0.255 e. The Bertz CT molecular complexity index is 1090. The molecule has 0 aliphatic carbocycles. The SMILES string of the molecule is BrC1=CN=CCCC1.CC.CNC(=O)c1ccccc1NC(=O)c1ccc(C(=N)N2CCCCC2)cc1. The number of anilines is 1. The van der Waals surface area contributed by atoms with Gasteiger partial charge in [-0.1, -0.05) is 54.0 Å². The standard InChI is InChI=1S/C21H24N4O2.C6H8BrN.C2H6/c1-23-21(27)17-7-3-4-8-18(17)24-20(26)16-11-9-15(10-12-16)19(22)25-13-5-2-6-14-25;7-6-3-1-2-4-8-5-6;1-2/h3-4,7-12,22H,2,5-6,13-14H2,1H3,(H,23,27)(H,24,26);4-5H,1-3H2;1-2H3. The topological polar surface area (TPSA) is 97.6 Å². The van der Waals surface area contributed by atoms with Gasteiger partial charge in [0.15, 0.2) is 0 Å².